The van der Waals surface area contributed by atoms with E-state index in [1.165, 1.54) is 4.88 Å². The Morgan fingerprint density at radius 2 is 2.25 bits per heavy atom. The molecule has 2 aromatic heterocycles. The van der Waals surface area contributed by atoms with Crippen molar-refractivity contribution in [2.45, 2.75) is 25.3 Å². The van der Waals surface area contributed by atoms with Crippen LogP contribution in [0.4, 0.5) is 5.95 Å². The standard InChI is InChI=1S/C17H21N5S2/c1-11(2)13-5-6-19-16(20-13)22-8-12-9-24-15(18)21-17(12,10-22)14-4-3-7-23-14/h3-7,11-12H,8-10H2,1-2H3,(H2,18,21)/t12-,17?/m0/s1. The van der Waals surface area contributed by atoms with Crippen molar-refractivity contribution in [3.8, 4) is 0 Å². The number of fused-ring (bicyclic) bond motifs is 1. The molecule has 4 heterocycles. The second kappa shape index (κ2) is 6.04. The van der Waals surface area contributed by atoms with Gasteiger partial charge in [-0.25, -0.2) is 15.0 Å². The minimum absolute atomic E-state index is 0.249. The fourth-order valence-corrected chi connectivity index (χ4v) is 5.40. The Kier molecular flexibility index (Phi) is 4.00. The Bertz CT molecular complexity index is 758. The van der Waals surface area contributed by atoms with E-state index in [0.717, 1.165) is 30.5 Å². The maximum absolute atomic E-state index is 6.10. The molecule has 2 N–H and O–H groups in total. The van der Waals surface area contributed by atoms with Crippen LogP contribution >= 0.6 is 23.1 Å². The molecule has 2 atom stereocenters. The van der Waals surface area contributed by atoms with Gasteiger partial charge in [-0.05, 0) is 23.4 Å². The van der Waals surface area contributed by atoms with Gasteiger partial charge < -0.3 is 10.6 Å². The summed E-state index contributed by atoms with van der Waals surface area (Å²) in [6.07, 6.45) is 1.86. The van der Waals surface area contributed by atoms with Crippen LogP contribution in [0.25, 0.3) is 0 Å². The van der Waals surface area contributed by atoms with Crippen molar-refractivity contribution in [1.29, 1.82) is 0 Å². The number of hydrogen-bond acceptors (Lipinski definition) is 7. The third kappa shape index (κ3) is 2.59. The molecule has 0 radical (unpaired) electrons. The van der Waals surface area contributed by atoms with Crippen molar-refractivity contribution in [3.63, 3.8) is 0 Å². The van der Waals surface area contributed by atoms with E-state index in [9.17, 15) is 0 Å². The second-order valence-electron chi connectivity index (χ2n) is 6.68. The highest BCUT2D eigenvalue weighted by molar-refractivity contribution is 8.13. The number of thioether (sulfide) groups is 1. The van der Waals surface area contributed by atoms with Crippen LogP contribution in [0, 0.1) is 5.92 Å². The lowest BCUT2D eigenvalue weighted by Gasteiger charge is -2.33. The summed E-state index contributed by atoms with van der Waals surface area (Å²) in [6.45, 7) is 6.03. The van der Waals surface area contributed by atoms with Crippen molar-refractivity contribution in [2.75, 3.05) is 23.7 Å². The third-order valence-electron chi connectivity index (χ3n) is 4.78. The topological polar surface area (TPSA) is 67.4 Å². The van der Waals surface area contributed by atoms with Crippen LogP contribution in [-0.4, -0.2) is 34.0 Å². The molecular formula is C17H21N5S2. The molecule has 0 spiro atoms. The van der Waals surface area contributed by atoms with Crippen LogP contribution in [0.15, 0.2) is 34.8 Å². The Hall–Kier alpha value is -1.60. The van der Waals surface area contributed by atoms with E-state index in [0.29, 0.717) is 17.0 Å². The van der Waals surface area contributed by atoms with E-state index in [2.05, 4.69) is 41.2 Å². The smallest absolute Gasteiger partial charge is 0.225 e. The SMILES string of the molecule is CC(C)c1ccnc(N2C[C@H]3CSC(N)=NC3(c3cccs3)C2)n1. The highest BCUT2D eigenvalue weighted by atomic mass is 32.2. The van der Waals surface area contributed by atoms with Gasteiger partial charge in [-0.3, -0.25) is 0 Å². The Labute approximate surface area is 150 Å². The van der Waals surface area contributed by atoms with Gasteiger partial charge in [0.2, 0.25) is 5.95 Å². The number of hydrogen-bond donors (Lipinski definition) is 1. The van der Waals surface area contributed by atoms with Crippen molar-refractivity contribution < 1.29 is 0 Å². The molecule has 7 heteroatoms. The molecule has 4 rings (SSSR count). The zero-order valence-corrected chi connectivity index (χ0v) is 15.5. The molecule has 1 fully saturated rings. The van der Waals surface area contributed by atoms with Crippen molar-refractivity contribution >= 4 is 34.2 Å². The van der Waals surface area contributed by atoms with Crippen LogP contribution in [0.5, 0.6) is 0 Å². The quantitative estimate of drug-likeness (QED) is 0.912. The first-order valence-electron chi connectivity index (χ1n) is 8.18. The van der Waals surface area contributed by atoms with Gasteiger partial charge in [-0.1, -0.05) is 31.7 Å². The summed E-state index contributed by atoms with van der Waals surface area (Å²) in [5, 5.41) is 2.81. The predicted octanol–water partition coefficient (Wildman–Crippen LogP) is 3.05. The molecule has 0 aromatic carbocycles. The van der Waals surface area contributed by atoms with Gasteiger partial charge in [0.15, 0.2) is 5.17 Å². The van der Waals surface area contributed by atoms with Crippen molar-refractivity contribution in [3.05, 3.63) is 40.3 Å². The number of nitrogens with zero attached hydrogens (tertiary/aromatic N) is 4. The molecule has 1 unspecified atom stereocenters. The summed E-state index contributed by atoms with van der Waals surface area (Å²) in [5.74, 6) is 2.63. The van der Waals surface area contributed by atoms with Gasteiger partial charge >= 0.3 is 0 Å². The van der Waals surface area contributed by atoms with E-state index < -0.39 is 0 Å². The number of rotatable bonds is 3. The maximum atomic E-state index is 6.10. The number of nitrogens with two attached hydrogens (primary N) is 1. The summed E-state index contributed by atoms with van der Waals surface area (Å²) in [6, 6.07) is 6.27. The molecule has 0 saturated carbocycles. The molecular weight excluding hydrogens is 338 g/mol. The molecule has 24 heavy (non-hydrogen) atoms. The lowest BCUT2D eigenvalue weighted by Crippen LogP contribution is -2.39. The summed E-state index contributed by atoms with van der Waals surface area (Å²) in [4.78, 5) is 17.8. The molecule has 0 bridgehead atoms. The fraction of sp³-hybridized carbons (Fsp3) is 0.471. The normalized spacial score (nSPS) is 26.5. The number of amidine groups is 1. The van der Waals surface area contributed by atoms with Crippen LogP contribution in [0.1, 0.15) is 30.3 Å². The number of thiophene rings is 1. The number of aliphatic imine (C=N–C) groups is 1. The minimum Gasteiger partial charge on any atom is -0.379 e. The lowest BCUT2D eigenvalue weighted by molar-refractivity contribution is 0.395. The van der Waals surface area contributed by atoms with E-state index in [1.54, 1.807) is 23.1 Å². The molecule has 0 amide bonds. The largest absolute Gasteiger partial charge is 0.379 e. The van der Waals surface area contributed by atoms with Crippen LogP contribution < -0.4 is 10.6 Å². The van der Waals surface area contributed by atoms with E-state index in [4.69, 9.17) is 15.7 Å². The van der Waals surface area contributed by atoms with Crippen LogP contribution in [-0.2, 0) is 5.54 Å². The molecule has 1 saturated heterocycles. The number of anilines is 1. The highest BCUT2D eigenvalue weighted by Crippen LogP contribution is 2.47. The van der Waals surface area contributed by atoms with Crippen molar-refractivity contribution in [2.24, 2.45) is 16.6 Å². The van der Waals surface area contributed by atoms with Gasteiger partial charge in [0.25, 0.3) is 0 Å². The summed E-state index contributed by atoms with van der Waals surface area (Å²) < 4.78 is 0. The first-order chi connectivity index (χ1) is 11.6. The molecule has 126 valence electrons. The average molecular weight is 360 g/mol. The lowest BCUT2D eigenvalue weighted by atomic mass is 9.87. The summed E-state index contributed by atoms with van der Waals surface area (Å²) >= 11 is 3.43. The first kappa shape index (κ1) is 15.9. The first-order valence-corrected chi connectivity index (χ1v) is 10.0. The van der Waals surface area contributed by atoms with Gasteiger partial charge in [0.1, 0.15) is 5.54 Å². The average Bonchev–Trinajstić information content (AvgIpc) is 3.22. The zero-order valence-electron chi connectivity index (χ0n) is 13.8. The third-order valence-corrected chi connectivity index (χ3v) is 6.77. The summed E-state index contributed by atoms with van der Waals surface area (Å²) in [5.41, 5.74) is 6.93. The molecule has 0 aliphatic carbocycles. The van der Waals surface area contributed by atoms with Gasteiger partial charge in [0.05, 0.1) is 6.54 Å². The minimum atomic E-state index is -0.249. The van der Waals surface area contributed by atoms with Crippen molar-refractivity contribution in [1.82, 2.24) is 9.97 Å². The van der Waals surface area contributed by atoms with Crippen LogP contribution in [0.2, 0.25) is 0 Å². The monoisotopic (exact) mass is 359 g/mol. The van der Waals surface area contributed by atoms with E-state index in [1.807, 2.05) is 12.3 Å². The maximum Gasteiger partial charge on any atom is 0.225 e. The molecule has 2 aliphatic heterocycles. The Morgan fingerprint density at radius 3 is 3.00 bits per heavy atom. The van der Waals surface area contributed by atoms with Gasteiger partial charge in [-0.15, -0.1) is 11.3 Å². The van der Waals surface area contributed by atoms with E-state index >= 15 is 0 Å². The summed E-state index contributed by atoms with van der Waals surface area (Å²) in [7, 11) is 0. The molecule has 2 aromatic rings. The predicted molar refractivity (Wildman–Crippen MR) is 102 cm³/mol. The highest BCUT2D eigenvalue weighted by Gasteiger charge is 2.51. The van der Waals surface area contributed by atoms with Gasteiger partial charge in [0, 0.05) is 35.0 Å². The van der Waals surface area contributed by atoms with Crippen LogP contribution in [0.3, 0.4) is 0 Å². The molecule has 2 aliphatic rings. The Balaban J connectivity index is 1.72. The zero-order chi connectivity index (χ0) is 16.7. The van der Waals surface area contributed by atoms with E-state index in [-0.39, 0.29) is 5.54 Å². The number of aromatic nitrogens is 2. The fourth-order valence-electron chi connectivity index (χ4n) is 3.48. The second-order valence-corrected chi connectivity index (χ2v) is 8.66. The molecule has 5 nitrogen and oxygen atoms in total. The van der Waals surface area contributed by atoms with Gasteiger partial charge in [-0.2, -0.15) is 0 Å². The Morgan fingerprint density at radius 1 is 1.38 bits per heavy atom.